The van der Waals surface area contributed by atoms with Crippen molar-refractivity contribution in [2.75, 3.05) is 5.32 Å². The van der Waals surface area contributed by atoms with Crippen molar-refractivity contribution >= 4 is 11.6 Å². The monoisotopic (exact) mass is 422 g/mol. The second-order valence-corrected chi connectivity index (χ2v) is 9.98. The van der Waals surface area contributed by atoms with E-state index in [1.807, 2.05) is 53.3 Å². The number of para-hydroxylation sites is 2. The van der Waals surface area contributed by atoms with Crippen LogP contribution in [0.4, 0.5) is 5.69 Å². The van der Waals surface area contributed by atoms with E-state index in [9.17, 15) is 10.1 Å². The number of anilines is 1. The molecule has 1 heterocycles. The van der Waals surface area contributed by atoms with Crippen LogP contribution in [0.3, 0.4) is 0 Å². The van der Waals surface area contributed by atoms with E-state index in [0.29, 0.717) is 16.8 Å². The van der Waals surface area contributed by atoms with Crippen molar-refractivity contribution < 1.29 is 4.79 Å². The molecule has 4 aliphatic rings. The van der Waals surface area contributed by atoms with Crippen LogP contribution in [0.1, 0.15) is 60.1 Å². The van der Waals surface area contributed by atoms with Crippen molar-refractivity contribution in [2.45, 2.75) is 43.9 Å². The van der Waals surface area contributed by atoms with Gasteiger partial charge in [-0.25, -0.2) is 4.68 Å². The molecule has 4 saturated carbocycles. The first kappa shape index (κ1) is 19.3. The highest BCUT2D eigenvalue weighted by atomic mass is 16.1. The van der Waals surface area contributed by atoms with Crippen LogP contribution in [0, 0.1) is 29.1 Å². The molecule has 2 aromatic carbocycles. The topological polar surface area (TPSA) is 70.7 Å². The molecule has 0 saturated heterocycles. The fourth-order valence-corrected chi connectivity index (χ4v) is 6.92. The number of carbonyl (C=O) groups is 1. The predicted molar refractivity (Wildman–Crippen MR) is 123 cm³/mol. The van der Waals surface area contributed by atoms with Crippen LogP contribution in [0.25, 0.3) is 5.69 Å². The minimum absolute atomic E-state index is 0.00377. The number of nitriles is 1. The summed E-state index contributed by atoms with van der Waals surface area (Å²) in [7, 11) is 0. The van der Waals surface area contributed by atoms with E-state index in [-0.39, 0.29) is 11.3 Å². The average Bonchev–Trinajstić information content (AvgIpc) is 3.26. The van der Waals surface area contributed by atoms with Gasteiger partial charge in [0.2, 0.25) is 0 Å². The van der Waals surface area contributed by atoms with E-state index in [1.165, 1.54) is 19.3 Å². The fourth-order valence-electron chi connectivity index (χ4n) is 6.92. The Kier molecular flexibility index (Phi) is 4.43. The normalized spacial score (nSPS) is 27.8. The molecule has 1 amide bonds. The first-order valence-electron chi connectivity index (χ1n) is 11.6. The molecule has 5 heteroatoms. The Balaban J connectivity index is 1.43. The first-order valence-corrected chi connectivity index (χ1v) is 11.6. The van der Waals surface area contributed by atoms with Gasteiger partial charge in [0.05, 0.1) is 28.2 Å². The van der Waals surface area contributed by atoms with Crippen LogP contribution >= 0.6 is 0 Å². The van der Waals surface area contributed by atoms with Gasteiger partial charge in [0, 0.05) is 11.6 Å². The molecule has 4 aliphatic carbocycles. The van der Waals surface area contributed by atoms with E-state index < -0.39 is 0 Å². The number of benzene rings is 2. The number of aromatic nitrogens is 2. The second-order valence-electron chi connectivity index (χ2n) is 9.98. The van der Waals surface area contributed by atoms with Gasteiger partial charge in [-0.15, -0.1) is 0 Å². The van der Waals surface area contributed by atoms with E-state index in [1.54, 1.807) is 12.1 Å². The van der Waals surface area contributed by atoms with Crippen molar-refractivity contribution in [1.82, 2.24) is 9.78 Å². The van der Waals surface area contributed by atoms with Gasteiger partial charge in [0.25, 0.3) is 5.91 Å². The summed E-state index contributed by atoms with van der Waals surface area (Å²) in [5.41, 5.74) is 3.55. The molecule has 32 heavy (non-hydrogen) atoms. The summed E-state index contributed by atoms with van der Waals surface area (Å²) in [5, 5.41) is 17.5. The minimum atomic E-state index is -0.180. The third kappa shape index (κ3) is 3.14. The lowest BCUT2D eigenvalue weighted by Gasteiger charge is -2.56. The lowest BCUT2D eigenvalue weighted by molar-refractivity contribution is -0.00765. The van der Waals surface area contributed by atoms with Gasteiger partial charge < -0.3 is 5.32 Å². The summed E-state index contributed by atoms with van der Waals surface area (Å²) in [6.07, 6.45) is 9.33. The van der Waals surface area contributed by atoms with Crippen LogP contribution in [0.2, 0.25) is 0 Å². The summed E-state index contributed by atoms with van der Waals surface area (Å²) in [6.45, 7) is 0. The zero-order chi connectivity index (χ0) is 21.7. The van der Waals surface area contributed by atoms with Crippen molar-refractivity contribution in [3.63, 3.8) is 0 Å². The van der Waals surface area contributed by atoms with Crippen molar-refractivity contribution in [1.29, 1.82) is 5.26 Å². The fraction of sp³-hybridized carbons (Fsp3) is 0.370. The highest BCUT2D eigenvalue weighted by molar-refractivity contribution is 6.05. The first-order chi connectivity index (χ1) is 15.6. The molecule has 4 bridgehead atoms. The maximum atomic E-state index is 13.6. The summed E-state index contributed by atoms with van der Waals surface area (Å²) in [5.74, 6) is 2.11. The molecule has 4 fully saturated rings. The quantitative estimate of drug-likeness (QED) is 0.606. The minimum Gasteiger partial charge on any atom is -0.321 e. The Morgan fingerprint density at radius 2 is 1.59 bits per heavy atom. The van der Waals surface area contributed by atoms with Gasteiger partial charge in [-0.3, -0.25) is 4.79 Å². The van der Waals surface area contributed by atoms with Gasteiger partial charge in [-0.2, -0.15) is 10.4 Å². The molecule has 1 aromatic heterocycles. The zero-order valence-corrected chi connectivity index (χ0v) is 18.0. The molecule has 0 aliphatic heterocycles. The Labute approximate surface area is 188 Å². The molecule has 0 spiro atoms. The van der Waals surface area contributed by atoms with Crippen LogP contribution in [0.15, 0.2) is 60.8 Å². The average molecular weight is 423 g/mol. The van der Waals surface area contributed by atoms with Crippen LogP contribution in [0.5, 0.6) is 0 Å². The molecule has 1 N–H and O–H groups in total. The maximum absolute atomic E-state index is 13.6. The number of hydrogen-bond acceptors (Lipinski definition) is 3. The molecule has 3 aromatic rings. The SMILES string of the molecule is N#Cc1ccccc1NC(=O)c1cn(-c2ccccc2)nc1C12CC3CC(CC(C3)C1)C2. The summed E-state index contributed by atoms with van der Waals surface area (Å²) < 4.78 is 1.86. The Morgan fingerprint density at radius 1 is 0.969 bits per heavy atom. The Morgan fingerprint density at radius 3 is 2.25 bits per heavy atom. The lowest BCUT2D eigenvalue weighted by Crippen LogP contribution is -2.49. The Bertz CT molecular complexity index is 1180. The lowest BCUT2D eigenvalue weighted by atomic mass is 9.48. The number of nitrogens with zero attached hydrogens (tertiary/aromatic N) is 3. The summed E-state index contributed by atoms with van der Waals surface area (Å²) in [4.78, 5) is 13.6. The van der Waals surface area contributed by atoms with E-state index in [4.69, 9.17) is 5.10 Å². The molecule has 160 valence electrons. The molecule has 7 rings (SSSR count). The summed E-state index contributed by atoms with van der Waals surface area (Å²) >= 11 is 0. The van der Waals surface area contributed by atoms with Crippen molar-refractivity contribution in [3.05, 3.63) is 77.6 Å². The van der Waals surface area contributed by atoms with E-state index in [0.717, 1.165) is 48.4 Å². The highest BCUT2D eigenvalue weighted by Crippen LogP contribution is 2.60. The largest absolute Gasteiger partial charge is 0.321 e. The Hall–Kier alpha value is -3.39. The standard InChI is InChI=1S/C27H26N4O/c28-16-21-6-4-5-9-24(21)29-26(32)23-17-31(22-7-2-1-3-8-22)30-25(23)27-13-18-10-19(14-27)12-20(11-18)15-27/h1-9,17-20H,10-15H2,(H,29,32). The van der Waals surface area contributed by atoms with Gasteiger partial charge in [0.15, 0.2) is 0 Å². The smallest absolute Gasteiger partial charge is 0.259 e. The molecule has 0 atom stereocenters. The van der Waals surface area contributed by atoms with Crippen molar-refractivity contribution in [3.8, 4) is 11.8 Å². The van der Waals surface area contributed by atoms with Gasteiger partial charge in [-0.1, -0.05) is 30.3 Å². The highest BCUT2D eigenvalue weighted by Gasteiger charge is 2.53. The van der Waals surface area contributed by atoms with E-state index in [2.05, 4.69) is 11.4 Å². The van der Waals surface area contributed by atoms with Crippen LogP contribution < -0.4 is 5.32 Å². The number of nitrogens with one attached hydrogen (secondary N) is 1. The summed E-state index contributed by atoms with van der Waals surface area (Å²) in [6, 6.07) is 19.3. The maximum Gasteiger partial charge on any atom is 0.259 e. The molecular weight excluding hydrogens is 396 g/mol. The molecule has 0 unspecified atom stereocenters. The van der Waals surface area contributed by atoms with Crippen LogP contribution in [-0.4, -0.2) is 15.7 Å². The zero-order valence-electron chi connectivity index (χ0n) is 18.0. The molecule has 0 radical (unpaired) electrons. The number of rotatable bonds is 4. The third-order valence-electron chi connectivity index (χ3n) is 7.82. The van der Waals surface area contributed by atoms with Crippen LogP contribution in [-0.2, 0) is 5.41 Å². The molecular formula is C27H26N4O. The molecule has 5 nitrogen and oxygen atoms in total. The predicted octanol–water partition coefficient (Wildman–Crippen LogP) is 5.46. The van der Waals surface area contributed by atoms with Gasteiger partial charge >= 0.3 is 0 Å². The van der Waals surface area contributed by atoms with Crippen molar-refractivity contribution in [2.24, 2.45) is 17.8 Å². The van der Waals surface area contributed by atoms with E-state index >= 15 is 0 Å². The number of carbonyl (C=O) groups excluding carboxylic acids is 1. The third-order valence-corrected chi connectivity index (χ3v) is 7.82. The second kappa shape index (κ2) is 7.34. The van der Waals surface area contributed by atoms with Gasteiger partial charge in [0.1, 0.15) is 6.07 Å². The number of amides is 1. The number of hydrogen-bond donors (Lipinski definition) is 1. The van der Waals surface area contributed by atoms with Gasteiger partial charge in [-0.05, 0) is 80.5 Å².